The lowest BCUT2D eigenvalue weighted by Gasteiger charge is -2.10. The lowest BCUT2D eigenvalue weighted by atomic mass is 10.2. The maximum absolute atomic E-state index is 11.9. The first kappa shape index (κ1) is 11.7. The summed E-state index contributed by atoms with van der Waals surface area (Å²) >= 11 is 0. The van der Waals surface area contributed by atoms with Crippen LogP contribution in [0.15, 0.2) is 18.2 Å². The predicted molar refractivity (Wildman–Crippen MR) is 47.3 cm³/mol. The predicted octanol–water partition coefficient (Wildman–Crippen LogP) is 2.17. The largest absolute Gasteiger partial charge is 0.573 e. The molecule has 6 heteroatoms. The standard InChI is InChI=1S/C10H4F3NO2/c11-10(12,13)16-9-4-3-8(15)6-7(9)2-1-5-14/h3-4,6,15H. The van der Waals surface area contributed by atoms with Gasteiger partial charge < -0.3 is 9.84 Å². The average molecular weight is 227 g/mol. The van der Waals surface area contributed by atoms with E-state index in [2.05, 4.69) is 10.7 Å². The maximum atomic E-state index is 11.9. The van der Waals surface area contributed by atoms with Gasteiger partial charge in [0.1, 0.15) is 11.5 Å². The van der Waals surface area contributed by atoms with Crippen molar-refractivity contribution in [2.75, 3.05) is 0 Å². The Kier molecular flexibility index (Phi) is 3.27. The number of nitrogens with zero attached hydrogens (tertiary/aromatic N) is 1. The van der Waals surface area contributed by atoms with Crippen LogP contribution in [0.3, 0.4) is 0 Å². The third kappa shape index (κ3) is 3.43. The third-order valence-corrected chi connectivity index (χ3v) is 1.44. The highest BCUT2D eigenvalue weighted by Gasteiger charge is 2.32. The van der Waals surface area contributed by atoms with Crippen LogP contribution in [0.5, 0.6) is 11.5 Å². The van der Waals surface area contributed by atoms with E-state index in [-0.39, 0.29) is 11.3 Å². The molecule has 0 aliphatic heterocycles. The van der Waals surface area contributed by atoms with Gasteiger partial charge in [0.2, 0.25) is 0 Å². The van der Waals surface area contributed by atoms with Gasteiger partial charge in [-0.05, 0) is 24.1 Å². The quantitative estimate of drug-likeness (QED) is 0.748. The molecule has 0 fully saturated rings. The van der Waals surface area contributed by atoms with Crippen molar-refractivity contribution in [2.45, 2.75) is 6.36 Å². The van der Waals surface area contributed by atoms with Crippen LogP contribution < -0.4 is 4.74 Å². The van der Waals surface area contributed by atoms with Crippen LogP contribution in [-0.2, 0) is 0 Å². The van der Waals surface area contributed by atoms with Crippen LogP contribution >= 0.6 is 0 Å². The molecule has 0 saturated heterocycles. The molecule has 82 valence electrons. The van der Waals surface area contributed by atoms with E-state index in [4.69, 9.17) is 10.4 Å². The van der Waals surface area contributed by atoms with Crippen LogP contribution in [0.1, 0.15) is 5.56 Å². The maximum Gasteiger partial charge on any atom is 0.573 e. The molecule has 1 rings (SSSR count). The van der Waals surface area contributed by atoms with Crippen LogP contribution in [0.4, 0.5) is 13.2 Å². The molecule has 16 heavy (non-hydrogen) atoms. The minimum atomic E-state index is -4.85. The highest BCUT2D eigenvalue weighted by molar-refractivity contribution is 5.51. The van der Waals surface area contributed by atoms with Gasteiger partial charge in [-0.2, -0.15) is 5.26 Å². The third-order valence-electron chi connectivity index (χ3n) is 1.44. The van der Waals surface area contributed by atoms with Gasteiger partial charge in [-0.3, -0.25) is 0 Å². The molecule has 0 aliphatic carbocycles. The molecule has 0 aromatic heterocycles. The molecule has 0 bridgehead atoms. The summed E-state index contributed by atoms with van der Waals surface area (Å²) < 4.78 is 39.5. The Labute approximate surface area is 88.7 Å². The summed E-state index contributed by atoms with van der Waals surface area (Å²) in [5.74, 6) is 3.22. The van der Waals surface area contributed by atoms with E-state index >= 15 is 0 Å². The zero-order valence-electron chi connectivity index (χ0n) is 7.67. The Morgan fingerprint density at radius 2 is 2.00 bits per heavy atom. The highest BCUT2D eigenvalue weighted by atomic mass is 19.4. The molecular weight excluding hydrogens is 223 g/mol. The molecule has 3 nitrogen and oxygen atoms in total. The molecule has 0 unspecified atom stereocenters. The normalized spacial score (nSPS) is 9.88. The van der Waals surface area contributed by atoms with Gasteiger partial charge in [-0.1, -0.05) is 0 Å². The number of hydrogen-bond donors (Lipinski definition) is 1. The van der Waals surface area contributed by atoms with Crippen LogP contribution in [0.25, 0.3) is 0 Å². The van der Waals surface area contributed by atoms with Crippen LogP contribution in [-0.4, -0.2) is 11.5 Å². The van der Waals surface area contributed by atoms with Crippen molar-refractivity contribution in [3.63, 3.8) is 0 Å². The van der Waals surface area contributed by atoms with Crippen molar-refractivity contribution in [1.29, 1.82) is 5.26 Å². The summed E-state index contributed by atoms with van der Waals surface area (Å²) in [6.45, 7) is 0. The van der Waals surface area contributed by atoms with Gasteiger partial charge in [0, 0.05) is 5.92 Å². The summed E-state index contributed by atoms with van der Waals surface area (Å²) in [5, 5.41) is 17.2. The molecule has 1 aromatic rings. The first-order valence-corrected chi connectivity index (χ1v) is 3.91. The van der Waals surface area contributed by atoms with Gasteiger partial charge in [-0.25, -0.2) is 0 Å². The Hall–Kier alpha value is -2.34. The molecular formula is C10H4F3NO2. The fraction of sp³-hybridized carbons (Fsp3) is 0.100. The minimum absolute atomic E-state index is 0.209. The summed E-state index contributed by atoms with van der Waals surface area (Å²) in [4.78, 5) is 0. The van der Waals surface area contributed by atoms with Crippen LogP contribution in [0, 0.1) is 23.2 Å². The minimum Gasteiger partial charge on any atom is -0.508 e. The van der Waals surface area contributed by atoms with Crippen molar-refractivity contribution in [2.24, 2.45) is 0 Å². The second-order valence-corrected chi connectivity index (χ2v) is 2.59. The van der Waals surface area contributed by atoms with Gasteiger partial charge >= 0.3 is 6.36 Å². The van der Waals surface area contributed by atoms with Crippen molar-refractivity contribution in [3.8, 4) is 29.4 Å². The highest BCUT2D eigenvalue weighted by Crippen LogP contribution is 2.28. The molecule has 0 aliphatic rings. The number of alkyl halides is 3. The topological polar surface area (TPSA) is 53.2 Å². The molecule has 0 amide bonds. The van der Waals surface area contributed by atoms with E-state index in [1.165, 1.54) is 6.07 Å². The molecule has 0 radical (unpaired) electrons. The fourth-order valence-corrected chi connectivity index (χ4v) is 0.925. The number of rotatable bonds is 1. The van der Waals surface area contributed by atoms with E-state index in [1.807, 2.05) is 5.92 Å². The second-order valence-electron chi connectivity index (χ2n) is 2.59. The lowest BCUT2D eigenvalue weighted by Crippen LogP contribution is -2.17. The Balaban J connectivity index is 3.14. The van der Waals surface area contributed by atoms with E-state index in [1.54, 1.807) is 0 Å². The SMILES string of the molecule is N#CC#Cc1cc(O)ccc1OC(F)(F)F. The Bertz CT molecular complexity index is 492. The van der Waals surface area contributed by atoms with Gasteiger partial charge in [0.05, 0.1) is 5.56 Å². The number of phenolic OH excluding ortho intramolecular Hbond substituents is 1. The lowest BCUT2D eigenvalue weighted by molar-refractivity contribution is -0.274. The molecule has 0 heterocycles. The number of halogens is 3. The van der Waals surface area contributed by atoms with Crippen molar-refractivity contribution < 1.29 is 23.0 Å². The fourth-order valence-electron chi connectivity index (χ4n) is 0.925. The van der Waals surface area contributed by atoms with Gasteiger partial charge in [0.25, 0.3) is 0 Å². The first-order chi connectivity index (χ1) is 7.42. The molecule has 1 N–H and O–H groups in total. The first-order valence-electron chi connectivity index (χ1n) is 3.91. The number of phenols is 1. The number of aromatic hydroxyl groups is 1. The van der Waals surface area contributed by atoms with E-state index in [0.717, 1.165) is 18.2 Å². The number of hydrogen-bond acceptors (Lipinski definition) is 3. The molecule has 0 saturated carbocycles. The summed E-state index contributed by atoms with van der Waals surface area (Å²) in [6, 6.07) is 4.37. The van der Waals surface area contributed by atoms with Crippen LogP contribution in [0.2, 0.25) is 0 Å². The zero-order valence-corrected chi connectivity index (χ0v) is 7.67. The van der Waals surface area contributed by atoms with Crippen molar-refractivity contribution in [3.05, 3.63) is 23.8 Å². The number of benzene rings is 1. The summed E-state index contributed by atoms with van der Waals surface area (Å²) in [6.07, 6.45) is -4.85. The van der Waals surface area contributed by atoms with Crippen molar-refractivity contribution >= 4 is 0 Å². The van der Waals surface area contributed by atoms with Gasteiger partial charge in [0.15, 0.2) is 6.07 Å². The Morgan fingerprint density at radius 3 is 2.56 bits per heavy atom. The summed E-state index contributed by atoms with van der Waals surface area (Å²) in [5.41, 5.74) is -0.209. The number of ether oxygens (including phenoxy) is 1. The Morgan fingerprint density at radius 1 is 1.31 bits per heavy atom. The smallest absolute Gasteiger partial charge is 0.508 e. The molecule has 1 aromatic carbocycles. The average Bonchev–Trinajstić information content (AvgIpc) is 2.16. The molecule has 0 spiro atoms. The van der Waals surface area contributed by atoms with E-state index in [9.17, 15) is 13.2 Å². The second kappa shape index (κ2) is 4.45. The van der Waals surface area contributed by atoms with Gasteiger partial charge in [-0.15, -0.1) is 13.2 Å². The van der Waals surface area contributed by atoms with E-state index < -0.39 is 12.1 Å². The van der Waals surface area contributed by atoms with Crippen molar-refractivity contribution in [1.82, 2.24) is 0 Å². The summed E-state index contributed by atoms with van der Waals surface area (Å²) in [7, 11) is 0. The molecule has 0 atom stereocenters. The monoisotopic (exact) mass is 227 g/mol. The zero-order chi connectivity index (χ0) is 12.2. The number of nitriles is 1. The van der Waals surface area contributed by atoms with E-state index in [0.29, 0.717) is 0 Å².